The molecule has 0 N–H and O–H groups in total. The minimum Gasteiger partial charge on any atom is -0.381 e. The molecule has 0 aliphatic heterocycles. The smallest absolute Gasteiger partial charge is 0.0472 e. The lowest BCUT2D eigenvalue weighted by Crippen LogP contribution is -2.26. The van der Waals surface area contributed by atoms with Crippen molar-refractivity contribution >= 4 is 23.2 Å². The first kappa shape index (κ1) is 14.5. The van der Waals surface area contributed by atoms with E-state index < -0.39 is 0 Å². The van der Waals surface area contributed by atoms with Gasteiger partial charge in [-0.15, -0.1) is 23.2 Å². The molecule has 0 aliphatic rings. The number of alkyl halides is 2. The van der Waals surface area contributed by atoms with E-state index in [-0.39, 0.29) is 5.41 Å². The zero-order valence-corrected chi connectivity index (χ0v) is 10.8. The summed E-state index contributed by atoms with van der Waals surface area (Å²) in [6.07, 6.45) is 4.32. The Morgan fingerprint density at radius 1 is 1.07 bits per heavy atom. The zero-order valence-electron chi connectivity index (χ0n) is 9.32. The van der Waals surface area contributed by atoms with Crippen molar-refractivity contribution in [1.29, 1.82) is 0 Å². The number of halogens is 2. The second-order valence-electron chi connectivity index (χ2n) is 3.84. The number of rotatable bonds is 9. The number of hydrogen-bond acceptors (Lipinski definition) is 1. The quantitative estimate of drug-likeness (QED) is 0.436. The fraction of sp³-hybridized carbons (Fsp3) is 1.00. The van der Waals surface area contributed by atoms with E-state index in [1.807, 2.05) is 0 Å². The molecule has 0 heterocycles. The molecule has 0 spiro atoms. The van der Waals surface area contributed by atoms with Gasteiger partial charge in [0.05, 0.1) is 0 Å². The van der Waals surface area contributed by atoms with Crippen LogP contribution in [0.3, 0.4) is 0 Å². The van der Waals surface area contributed by atoms with Crippen LogP contribution >= 0.6 is 23.2 Å². The average Bonchev–Trinajstić information content (AvgIpc) is 2.24. The molecule has 14 heavy (non-hydrogen) atoms. The van der Waals surface area contributed by atoms with Gasteiger partial charge < -0.3 is 4.74 Å². The monoisotopic (exact) mass is 240 g/mol. The van der Waals surface area contributed by atoms with Crippen LogP contribution in [0.4, 0.5) is 0 Å². The fourth-order valence-electron chi connectivity index (χ4n) is 1.17. The van der Waals surface area contributed by atoms with Crippen molar-refractivity contribution in [3.8, 4) is 0 Å². The second-order valence-corrected chi connectivity index (χ2v) is 4.37. The van der Waals surface area contributed by atoms with E-state index in [0.717, 1.165) is 32.5 Å². The highest BCUT2D eigenvalue weighted by atomic mass is 35.5. The Balaban J connectivity index is 3.61. The standard InChI is InChI=1S/C11H22Cl2O/c1-3-5-7-14-8-6-11(4-2,9-12)10-13/h3-10H2,1-2H3. The molecule has 86 valence electrons. The zero-order chi connectivity index (χ0) is 10.9. The topological polar surface area (TPSA) is 9.23 Å². The van der Waals surface area contributed by atoms with E-state index in [1.165, 1.54) is 6.42 Å². The Morgan fingerprint density at radius 3 is 2.14 bits per heavy atom. The largest absolute Gasteiger partial charge is 0.381 e. The molecule has 0 aliphatic carbocycles. The highest BCUT2D eigenvalue weighted by Gasteiger charge is 2.25. The first-order valence-electron chi connectivity index (χ1n) is 5.44. The summed E-state index contributed by atoms with van der Waals surface area (Å²) in [4.78, 5) is 0. The summed E-state index contributed by atoms with van der Waals surface area (Å²) < 4.78 is 5.52. The third-order valence-corrected chi connectivity index (χ3v) is 3.87. The predicted molar refractivity (Wildman–Crippen MR) is 64.5 cm³/mol. The van der Waals surface area contributed by atoms with E-state index in [4.69, 9.17) is 27.9 Å². The minimum atomic E-state index is 0.0787. The van der Waals surface area contributed by atoms with E-state index in [1.54, 1.807) is 0 Å². The maximum Gasteiger partial charge on any atom is 0.0472 e. The molecule has 0 unspecified atom stereocenters. The van der Waals surface area contributed by atoms with Crippen molar-refractivity contribution in [1.82, 2.24) is 0 Å². The van der Waals surface area contributed by atoms with E-state index >= 15 is 0 Å². The van der Waals surface area contributed by atoms with Crippen molar-refractivity contribution in [2.45, 2.75) is 39.5 Å². The van der Waals surface area contributed by atoms with Gasteiger partial charge in [0, 0.05) is 25.0 Å². The van der Waals surface area contributed by atoms with Gasteiger partial charge in [-0.05, 0) is 24.7 Å². The second kappa shape index (κ2) is 8.82. The number of unbranched alkanes of at least 4 members (excludes halogenated alkanes) is 1. The first-order chi connectivity index (χ1) is 6.74. The third-order valence-electron chi connectivity index (χ3n) is 2.74. The van der Waals surface area contributed by atoms with E-state index in [2.05, 4.69) is 13.8 Å². The normalized spacial score (nSPS) is 12.0. The van der Waals surface area contributed by atoms with E-state index in [0.29, 0.717) is 11.8 Å². The van der Waals surface area contributed by atoms with Gasteiger partial charge in [-0.2, -0.15) is 0 Å². The molecule has 0 bridgehead atoms. The third kappa shape index (κ3) is 5.43. The highest BCUT2D eigenvalue weighted by Crippen LogP contribution is 2.29. The maximum absolute atomic E-state index is 5.92. The molecule has 0 amide bonds. The summed E-state index contributed by atoms with van der Waals surface area (Å²) >= 11 is 11.8. The van der Waals surface area contributed by atoms with Crippen LogP contribution in [0.15, 0.2) is 0 Å². The Labute approximate surface area is 98.1 Å². The van der Waals surface area contributed by atoms with Crippen LogP contribution in [0.5, 0.6) is 0 Å². The number of ether oxygens (including phenoxy) is 1. The molecule has 0 saturated heterocycles. The molecule has 0 atom stereocenters. The van der Waals surface area contributed by atoms with Crippen LogP contribution in [-0.2, 0) is 4.74 Å². The summed E-state index contributed by atoms with van der Waals surface area (Å²) in [5.74, 6) is 1.26. The van der Waals surface area contributed by atoms with Gasteiger partial charge in [-0.3, -0.25) is 0 Å². The lowest BCUT2D eigenvalue weighted by molar-refractivity contribution is 0.102. The summed E-state index contributed by atoms with van der Waals surface area (Å²) in [5.41, 5.74) is 0.0787. The molecule has 3 heteroatoms. The number of hydrogen-bond donors (Lipinski definition) is 0. The molecule has 0 radical (unpaired) electrons. The summed E-state index contributed by atoms with van der Waals surface area (Å²) in [5, 5.41) is 0. The van der Waals surface area contributed by atoms with Gasteiger partial charge in [0.1, 0.15) is 0 Å². The molecule has 0 fully saturated rings. The average molecular weight is 241 g/mol. The Hall–Kier alpha value is 0.540. The summed E-state index contributed by atoms with van der Waals surface area (Å²) in [6, 6.07) is 0. The van der Waals surface area contributed by atoms with Crippen LogP contribution in [0, 0.1) is 5.41 Å². The van der Waals surface area contributed by atoms with Crippen molar-refractivity contribution in [2.24, 2.45) is 5.41 Å². The lowest BCUT2D eigenvalue weighted by atomic mass is 9.86. The molecule has 1 nitrogen and oxygen atoms in total. The lowest BCUT2D eigenvalue weighted by Gasteiger charge is -2.27. The van der Waals surface area contributed by atoms with Gasteiger partial charge in [0.15, 0.2) is 0 Å². The van der Waals surface area contributed by atoms with Crippen molar-refractivity contribution in [3.63, 3.8) is 0 Å². The first-order valence-corrected chi connectivity index (χ1v) is 6.51. The molecule has 0 aromatic heterocycles. The Kier molecular flexibility index (Phi) is 9.16. The molecule has 0 aromatic rings. The summed E-state index contributed by atoms with van der Waals surface area (Å²) in [6.45, 7) is 5.95. The van der Waals surface area contributed by atoms with Crippen LogP contribution in [0.1, 0.15) is 39.5 Å². The Bertz CT molecular complexity index is 116. The van der Waals surface area contributed by atoms with Crippen LogP contribution in [0.2, 0.25) is 0 Å². The minimum absolute atomic E-state index is 0.0787. The van der Waals surface area contributed by atoms with Crippen molar-refractivity contribution in [2.75, 3.05) is 25.0 Å². The summed E-state index contributed by atoms with van der Waals surface area (Å²) in [7, 11) is 0. The van der Waals surface area contributed by atoms with Crippen LogP contribution in [0.25, 0.3) is 0 Å². The maximum atomic E-state index is 5.92. The molecular weight excluding hydrogens is 219 g/mol. The molecule has 0 aromatic carbocycles. The van der Waals surface area contributed by atoms with Gasteiger partial charge in [-0.25, -0.2) is 0 Å². The van der Waals surface area contributed by atoms with Crippen LogP contribution < -0.4 is 0 Å². The molecule has 0 rings (SSSR count). The predicted octanol–water partition coefficient (Wildman–Crippen LogP) is 4.07. The van der Waals surface area contributed by atoms with Crippen LogP contribution in [-0.4, -0.2) is 25.0 Å². The fourth-order valence-corrected chi connectivity index (χ4v) is 2.10. The van der Waals surface area contributed by atoms with E-state index in [9.17, 15) is 0 Å². The molecular formula is C11H22Cl2O. The van der Waals surface area contributed by atoms with Gasteiger partial charge in [0.2, 0.25) is 0 Å². The molecule has 0 saturated carbocycles. The van der Waals surface area contributed by atoms with Gasteiger partial charge in [0.25, 0.3) is 0 Å². The van der Waals surface area contributed by atoms with Crippen molar-refractivity contribution in [3.05, 3.63) is 0 Å². The SMILES string of the molecule is CCCCOCCC(CC)(CCl)CCl. The highest BCUT2D eigenvalue weighted by molar-refractivity contribution is 6.21. The Morgan fingerprint density at radius 2 is 1.71 bits per heavy atom. The van der Waals surface area contributed by atoms with Gasteiger partial charge in [-0.1, -0.05) is 20.3 Å². The van der Waals surface area contributed by atoms with Gasteiger partial charge >= 0.3 is 0 Å². The van der Waals surface area contributed by atoms with Crippen molar-refractivity contribution < 1.29 is 4.74 Å².